The van der Waals surface area contributed by atoms with Gasteiger partial charge in [0.05, 0.1) is 0 Å². The number of hydrogen-bond donors (Lipinski definition) is 1. The highest BCUT2D eigenvalue weighted by molar-refractivity contribution is 5.68. The lowest BCUT2D eigenvalue weighted by molar-refractivity contribution is -0.134. The Morgan fingerprint density at radius 3 is 2.18 bits per heavy atom. The molecule has 0 spiro atoms. The van der Waals surface area contributed by atoms with Gasteiger partial charge < -0.3 is 24.4 Å². The molecule has 1 aliphatic rings. The lowest BCUT2D eigenvalue weighted by Gasteiger charge is -2.34. The molecule has 0 bridgehead atoms. The van der Waals surface area contributed by atoms with E-state index in [1.807, 2.05) is 34.6 Å². The summed E-state index contributed by atoms with van der Waals surface area (Å²) in [5, 5.41) is 3.47. The number of nitrogens with one attached hydrogen (secondary N) is 1. The normalized spacial score (nSPS) is 17.1. The van der Waals surface area contributed by atoms with E-state index in [2.05, 4.69) is 5.32 Å². The summed E-state index contributed by atoms with van der Waals surface area (Å²) in [5.74, 6) is 0. The Morgan fingerprint density at radius 2 is 1.73 bits per heavy atom. The van der Waals surface area contributed by atoms with Crippen LogP contribution in [0.2, 0.25) is 0 Å². The van der Waals surface area contributed by atoms with Crippen molar-refractivity contribution in [2.24, 2.45) is 0 Å². The van der Waals surface area contributed by atoms with Crippen LogP contribution in [0.4, 0.5) is 4.79 Å². The second-order valence-electron chi connectivity index (χ2n) is 6.49. The van der Waals surface area contributed by atoms with Gasteiger partial charge in [-0.05, 0) is 47.5 Å². The molecule has 6 heteroatoms. The largest absolute Gasteiger partial charge is 0.444 e. The minimum Gasteiger partial charge on any atom is -0.444 e. The maximum absolute atomic E-state index is 12.0. The highest BCUT2D eigenvalue weighted by Crippen LogP contribution is 2.15. The van der Waals surface area contributed by atoms with Crippen LogP contribution < -0.4 is 5.32 Å². The molecule has 1 heterocycles. The monoisotopic (exact) mass is 316 g/mol. The third-order valence-corrected chi connectivity index (χ3v) is 3.42. The summed E-state index contributed by atoms with van der Waals surface area (Å²) in [6.45, 7) is 13.0. The quantitative estimate of drug-likeness (QED) is 0.731. The van der Waals surface area contributed by atoms with Crippen molar-refractivity contribution in [2.45, 2.75) is 65.4 Å². The first-order valence-electron chi connectivity index (χ1n) is 8.30. The zero-order valence-corrected chi connectivity index (χ0v) is 14.7. The molecule has 130 valence electrons. The van der Waals surface area contributed by atoms with E-state index < -0.39 is 5.60 Å². The zero-order valence-electron chi connectivity index (χ0n) is 14.7. The molecule has 1 N–H and O–H groups in total. The minimum absolute atomic E-state index is 0.195. The fourth-order valence-electron chi connectivity index (χ4n) is 2.39. The van der Waals surface area contributed by atoms with E-state index in [9.17, 15) is 4.79 Å². The number of likely N-dealkylation sites (tertiary alicyclic amines) is 1. The molecule has 0 unspecified atom stereocenters. The van der Waals surface area contributed by atoms with E-state index in [4.69, 9.17) is 14.2 Å². The van der Waals surface area contributed by atoms with Gasteiger partial charge >= 0.3 is 6.09 Å². The van der Waals surface area contributed by atoms with Gasteiger partial charge in [0.1, 0.15) is 5.60 Å². The van der Waals surface area contributed by atoms with E-state index in [0.29, 0.717) is 25.8 Å². The minimum atomic E-state index is -0.436. The van der Waals surface area contributed by atoms with E-state index in [1.54, 1.807) is 4.90 Å². The molecule has 0 atom stereocenters. The molecule has 6 nitrogen and oxygen atoms in total. The van der Waals surface area contributed by atoms with Gasteiger partial charge in [0.2, 0.25) is 0 Å². The van der Waals surface area contributed by atoms with Crippen molar-refractivity contribution in [3.8, 4) is 0 Å². The van der Waals surface area contributed by atoms with Crippen LogP contribution in [0.3, 0.4) is 0 Å². The van der Waals surface area contributed by atoms with Gasteiger partial charge in [-0.25, -0.2) is 4.79 Å². The van der Waals surface area contributed by atoms with Crippen molar-refractivity contribution >= 4 is 6.09 Å². The number of amides is 1. The molecule has 0 aromatic carbocycles. The summed E-state index contributed by atoms with van der Waals surface area (Å²) in [5.41, 5.74) is -0.436. The summed E-state index contributed by atoms with van der Waals surface area (Å²) in [4.78, 5) is 13.8. The summed E-state index contributed by atoms with van der Waals surface area (Å²) >= 11 is 0. The van der Waals surface area contributed by atoms with E-state index >= 15 is 0 Å². The second-order valence-corrected chi connectivity index (χ2v) is 6.49. The fraction of sp³-hybridized carbons (Fsp3) is 0.938. The SMILES string of the molecule is CCOC(CNC1CCN(C(=O)OC(C)(C)C)CC1)OCC. The van der Waals surface area contributed by atoms with E-state index in [-0.39, 0.29) is 12.4 Å². The highest BCUT2D eigenvalue weighted by atomic mass is 16.7. The van der Waals surface area contributed by atoms with Crippen molar-refractivity contribution in [1.29, 1.82) is 0 Å². The van der Waals surface area contributed by atoms with Crippen molar-refractivity contribution in [3.63, 3.8) is 0 Å². The summed E-state index contributed by atoms with van der Waals surface area (Å²) in [6.07, 6.45) is 1.43. The lowest BCUT2D eigenvalue weighted by atomic mass is 10.1. The predicted molar refractivity (Wildman–Crippen MR) is 85.9 cm³/mol. The van der Waals surface area contributed by atoms with Crippen LogP contribution in [0.5, 0.6) is 0 Å². The number of piperidine rings is 1. The van der Waals surface area contributed by atoms with Crippen LogP contribution in [0.15, 0.2) is 0 Å². The number of hydrogen-bond acceptors (Lipinski definition) is 5. The Bertz CT molecular complexity index is 317. The number of carbonyl (C=O) groups is 1. The van der Waals surface area contributed by atoms with Gasteiger partial charge in [0.25, 0.3) is 0 Å². The van der Waals surface area contributed by atoms with Gasteiger partial charge in [0.15, 0.2) is 6.29 Å². The molecule has 1 amide bonds. The molecular weight excluding hydrogens is 284 g/mol. The molecule has 0 radical (unpaired) electrons. The number of rotatable bonds is 7. The lowest BCUT2D eigenvalue weighted by Crippen LogP contribution is -2.48. The third-order valence-electron chi connectivity index (χ3n) is 3.42. The zero-order chi connectivity index (χ0) is 16.6. The molecule has 0 aromatic rings. The molecular formula is C16H32N2O4. The van der Waals surface area contributed by atoms with Gasteiger partial charge in [-0.2, -0.15) is 0 Å². The predicted octanol–water partition coefficient (Wildman–Crippen LogP) is 2.37. The van der Waals surface area contributed by atoms with Gasteiger partial charge in [-0.15, -0.1) is 0 Å². The van der Waals surface area contributed by atoms with Crippen LogP contribution in [-0.2, 0) is 14.2 Å². The molecule has 1 aliphatic heterocycles. The van der Waals surface area contributed by atoms with Crippen molar-refractivity contribution < 1.29 is 19.0 Å². The maximum Gasteiger partial charge on any atom is 0.410 e. The van der Waals surface area contributed by atoms with Crippen molar-refractivity contribution in [3.05, 3.63) is 0 Å². The van der Waals surface area contributed by atoms with Crippen LogP contribution in [0.25, 0.3) is 0 Å². The first kappa shape index (κ1) is 19.2. The molecule has 22 heavy (non-hydrogen) atoms. The summed E-state index contributed by atoms with van der Waals surface area (Å²) < 4.78 is 16.4. The second kappa shape index (κ2) is 9.33. The summed E-state index contributed by atoms with van der Waals surface area (Å²) in [6, 6.07) is 0.391. The Kier molecular flexibility index (Phi) is 8.14. The molecule has 0 saturated carbocycles. The number of ether oxygens (including phenoxy) is 3. The Hall–Kier alpha value is -0.850. The topological polar surface area (TPSA) is 60.0 Å². The van der Waals surface area contributed by atoms with Gasteiger partial charge in [-0.3, -0.25) is 0 Å². The standard InChI is InChI=1S/C16H32N2O4/c1-6-20-14(21-7-2)12-17-13-8-10-18(11-9-13)15(19)22-16(3,4)5/h13-14,17H,6-12H2,1-5H3. The Morgan fingerprint density at radius 1 is 1.18 bits per heavy atom. The van der Waals surface area contributed by atoms with Crippen LogP contribution in [0.1, 0.15) is 47.5 Å². The molecule has 0 aromatic heterocycles. The van der Waals surface area contributed by atoms with Gasteiger partial charge in [-0.1, -0.05) is 0 Å². The van der Waals surface area contributed by atoms with Crippen molar-refractivity contribution in [2.75, 3.05) is 32.8 Å². The average molecular weight is 316 g/mol. The average Bonchev–Trinajstić information content (AvgIpc) is 2.44. The number of nitrogens with zero attached hydrogens (tertiary/aromatic N) is 1. The van der Waals surface area contributed by atoms with Crippen LogP contribution >= 0.6 is 0 Å². The van der Waals surface area contributed by atoms with E-state index in [0.717, 1.165) is 25.9 Å². The molecule has 1 fully saturated rings. The van der Waals surface area contributed by atoms with Gasteiger partial charge in [0, 0.05) is 38.9 Å². The third kappa shape index (κ3) is 7.42. The highest BCUT2D eigenvalue weighted by Gasteiger charge is 2.27. The Balaban J connectivity index is 2.28. The summed E-state index contributed by atoms with van der Waals surface area (Å²) in [7, 11) is 0. The van der Waals surface area contributed by atoms with Crippen molar-refractivity contribution in [1.82, 2.24) is 10.2 Å². The maximum atomic E-state index is 12.0. The number of carbonyl (C=O) groups excluding carboxylic acids is 1. The molecule has 1 saturated heterocycles. The first-order chi connectivity index (χ1) is 10.4. The van der Waals surface area contributed by atoms with Crippen LogP contribution in [0, 0.1) is 0 Å². The Labute approximate surface area is 134 Å². The molecule has 1 rings (SSSR count). The fourth-order valence-corrected chi connectivity index (χ4v) is 2.39. The smallest absolute Gasteiger partial charge is 0.410 e. The molecule has 0 aliphatic carbocycles. The first-order valence-corrected chi connectivity index (χ1v) is 8.30. The van der Waals surface area contributed by atoms with Crippen LogP contribution in [-0.4, -0.2) is 61.8 Å². The van der Waals surface area contributed by atoms with E-state index in [1.165, 1.54) is 0 Å².